The maximum Gasteiger partial charge on any atom is 0.253 e. The van der Waals surface area contributed by atoms with E-state index in [0.29, 0.717) is 17.2 Å². The number of halogens is 1. The summed E-state index contributed by atoms with van der Waals surface area (Å²) < 4.78 is 5.76. The summed E-state index contributed by atoms with van der Waals surface area (Å²) in [5.74, 6) is 0.0958. The predicted octanol–water partition coefficient (Wildman–Crippen LogP) is 3.39. The minimum Gasteiger partial charge on any atom is -0.491 e. The molecule has 2 aromatic carbocycles. The summed E-state index contributed by atoms with van der Waals surface area (Å²) in [4.78, 5) is 28.2. The lowest BCUT2D eigenvalue weighted by molar-refractivity contribution is -0.189. The van der Waals surface area contributed by atoms with Gasteiger partial charge in [-0.05, 0) is 29.3 Å². The number of carbonyl (C=O) groups is 2. The maximum absolute atomic E-state index is 11.5. The minimum atomic E-state index is -0.304. The van der Waals surface area contributed by atoms with E-state index < -0.39 is 0 Å². The van der Waals surface area contributed by atoms with Crippen LogP contribution in [0.15, 0.2) is 48.5 Å². The molecule has 2 amide bonds. The van der Waals surface area contributed by atoms with Gasteiger partial charge in [0.2, 0.25) is 0 Å². The van der Waals surface area contributed by atoms with Crippen molar-refractivity contribution in [1.29, 1.82) is 0 Å². The number of rotatable bonds is 7. The predicted molar refractivity (Wildman–Crippen MR) is 93.2 cm³/mol. The van der Waals surface area contributed by atoms with E-state index in [9.17, 15) is 9.59 Å². The molecule has 0 bridgehead atoms. The average Bonchev–Trinajstić information content (AvgIpc) is 2.93. The first kappa shape index (κ1) is 17.5. The van der Waals surface area contributed by atoms with Crippen molar-refractivity contribution < 1.29 is 19.2 Å². The summed E-state index contributed by atoms with van der Waals surface area (Å²) >= 11 is 6.10. The highest BCUT2D eigenvalue weighted by Crippen LogP contribution is 2.25. The highest BCUT2D eigenvalue weighted by atomic mass is 35.5. The van der Waals surface area contributed by atoms with Gasteiger partial charge in [-0.25, -0.2) is 0 Å². The number of hydrogen-bond donors (Lipinski definition) is 0. The van der Waals surface area contributed by atoms with Crippen LogP contribution >= 0.6 is 11.6 Å². The van der Waals surface area contributed by atoms with Crippen molar-refractivity contribution in [3.63, 3.8) is 0 Å². The number of carbonyl (C=O) groups excluding carboxylic acids is 2. The van der Waals surface area contributed by atoms with Crippen LogP contribution < -0.4 is 4.74 Å². The number of hydroxylamine groups is 2. The first-order valence-corrected chi connectivity index (χ1v) is 8.45. The number of imide groups is 1. The van der Waals surface area contributed by atoms with Crippen molar-refractivity contribution in [2.24, 2.45) is 0 Å². The Hall–Kier alpha value is -2.37. The van der Waals surface area contributed by atoms with Gasteiger partial charge in [-0.1, -0.05) is 41.9 Å². The van der Waals surface area contributed by atoms with Crippen molar-refractivity contribution in [2.45, 2.75) is 19.3 Å². The van der Waals surface area contributed by atoms with Crippen LogP contribution in [-0.2, 0) is 20.8 Å². The van der Waals surface area contributed by atoms with Crippen molar-refractivity contribution in [3.05, 3.63) is 64.7 Å². The Morgan fingerprint density at radius 3 is 2.40 bits per heavy atom. The molecule has 0 spiro atoms. The number of nitrogens with zero attached hydrogens (tertiary/aromatic N) is 1. The van der Waals surface area contributed by atoms with Gasteiger partial charge in [-0.2, -0.15) is 5.06 Å². The molecule has 0 radical (unpaired) electrons. The van der Waals surface area contributed by atoms with Gasteiger partial charge in [0.25, 0.3) is 11.8 Å². The molecule has 0 saturated carbocycles. The zero-order valence-electron chi connectivity index (χ0n) is 13.6. The van der Waals surface area contributed by atoms with E-state index in [-0.39, 0.29) is 37.9 Å². The molecule has 0 unspecified atom stereocenters. The third-order valence-electron chi connectivity index (χ3n) is 3.83. The highest BCUT2D eigenvalue weighted by Gasteiger charge is 2.30. The zero-order chi connectivity index (χ0) is 17.6. The van der Waals surface area contributed by atoms with Crippen LogP contribution in [0.1, 0.15) is 24.0 Å². The molecule has 0 aliphatic carbocycles. The van der Waals surface area contributed by atoms with Gasteiger partial charge in [-0.3, -0.25) is 14.4 Å². The van der Waals surface area contributed by atoms with E-state index in [1.807, 2.05) is 42.5 Å². The molecule has 6 heteroatoms. The van der Waals surface area contributed by atoms with Crippen LogP contribution in [0.3, 0.4) is 0 Å². The second kappa shape index (κ2) is 8.14. The van der Waals surface area contributed by atoms with E-state index in [0.717, 1.165) is 16.2 Å². The Balaban J connectivity index is 1.58. The van der Waals surface area contributed by atoms with Crippen LogP contribution in [0.2, 0.25) is 5.02 Å². The topological polar surface area (TPSA) is 55.8 Å². The third-order valence-corrected chi connectivity index (χ3v) is 4.06. The minimum absolute atomic E-state index is 0.116. The molecule has 5 nitrogen and oxygen atoms in total. The summed E-state index contributed by atoms with van der Waals surface area (Å²) in [5, 5.41) is 1.47. The highest BCUT2D eigenvalue weighted by molar-refractivity contribution is 6.30. The fraction of sp³-hybridized carbons (Fsp3) is 0.263. The Bertz CT molecular complexity index is 747. The molecule has 0 aromatic heterocycles. The molecular formula is C19H18ClNO4. The standard InChI is InChI=1S/C19H18ClNO4/c20-16-6-7-17(15(13-16)12-14-4-2-1-3-5-14)24-10-11-25-21-18(22)8-9-19(21)23/h1-7,13H,8-12H2. The Kier molecular flexibility index (Phi) is 5.68. The van der Waals surface area contributed by atoms with E-state index in [4.69, 9.17) is 21.2 Å². The number of benzene rings is 2. The fourth-order valence-corrected chi connectivity index (χ4v) is 2.82. The van der Waals surface area contributed by atoms with Crippen LogP contribution in [0.5, 0.6) is 5.75 Å². The molecule has 1 aliphatic heterocycles. The van der Waals surface area contributed by atoms with Gasteiger partial charge < -0.3 is 4.74 Å². The number of hydrogen-bond acceptors (Lipinski definition) is 4. The van der Waals surface area contributed by atoms with Crippen LogP contribution in [0, 0.1) is 0 Å². The second-order valence-corrected chi connectivity index (χ2v) is 6.11. The van der Waals surface area contributed by atoms with Crippen molar-refractivity contribution in [1.82, 2.24) is 5.06 Å². The number of amides is 2. The third kappa shape index (κ3) is 4.59. The lowest BCUT2D eigenvalue weighted by Crippen LogP contribution is -2.31. The first-order valence-electron chi connectivity index (χ1n) is 8.07. The molecule has 1 heterocycles. The Labute approximate surface area is 151 Å². The van der Waals surface area contributed by atoms with Crippen LogP contribution in [0.4, 0.5) is 0 Å². The lowest BCUT2D eigenvalue weighted by Gasteiger charge is -2.15. The normalized spacial score (nSPS) is 14.2. The van der Waals surface area contributed by atoms with Crippen molar-refractivity contribution in [3.8, 4) is 5.75 Å². The van der Waals surface area contributed by atoms with Gasteiger partial charge in [0.1, 0.15) is 19.0 Å². The Morgan fingerprint density at radius 1 is 0.960 bits per heavy atom. The number of ether oxygens (including phenoxy) is 1. The SMILES string of the molecule is O=C1CCC(=O)N1OCCOc1ccc(Cl)cc1Cc1ccccc1. The van der Waals surface area contributed by atoms with E-state index >= 15 is 0 Å². The zero-order valence-corrected chi connectivity index (χ0v) is 14.4. The van der Waals surface area contributed by atoms with Gasteiger partial charge in [0.15, 0.2) is 0 Å². The van der Waals surface area contributed by atoms with Gasteiger partial charge in [-0.15, -0.1) is 0 Å². The van der Waals surface area contributed by atoms with E-state index in [1.165, 1.54) is 0 Å². The van der Waals surface area contributed by atoms with Gasteiger partial charge in [0, 0.05) is 24.3 Å². The molecule has 25 heavy (non-hydrogen) atoms. The van der Waals surface area contributed by atoms with Crippen molar-refractivity contribution in [2.75, 3.05) is 13.2 Å². The monoisotopic (exact) mass is 359 g/mol. The molecule has 3 rings (SSSR count). The largest absolute Gasteiger partial charge is 0.491 e. The summed E-state index contributed by atoms with van der Waals surface area (Å²) in [6.07, 6.45) is 1.11. The fourth-order valence-electron chi connectivity index (χ4n) is 2.62. The second-order valence-electron chi connectivity index (χ2n) is 5.68. The smallest absolute Gasteiger partial charge is 0.253 e. The summed E-state index contributed by atoms with van der Waals surface area (Å²) in [6.45, 7) is 0.339. The molecule has 2 aromatic rings. The van der Waals surface area contributed by atoms with Crippen LogP contribution in [-0.4, -0.2) is 30.1 Å². The van der Waals surface area contributed by atoms with E-state index in [1.54, 1.807) is 6.07 Å². The molecular weight excluding hydrogens is 342 g/mol. The first-order chi connectivity index (χ1) is 12.1. The maximum atomic E-state index is 11.5. The summed E-state index contributed by atoms with van der Waals surface area (Å²) in [5.41, 5.74) is 2.12. The Morgan fingerprint density at radius 2 is 1.68 bits per heavy atom. The molecule has 0 N–H and O–H groups in total. The van der Waals surface area contributed by atoms with Gasteiger partial charge >= 0.3 is 0 Å². The molecule has 0 atom stereocenters. The quantitative estimate of drug-likeness (QED) is 0.561. The summed E-state index contributed by atoms with van der Waals surface area (Å²) in [6, 6.07) is 15.5. The van der Waals surface area contributed by atoms with Crippen LogP contribution in [0.25, 0.3) is 0 Å². The van der Waals surface area contributed by atoms with Crippen molar-refractivity contribution >= 4 is 23.4 Å². The molecule has 130 valence electrons. The summed E-state index contributed by atoms with van der Waals surface area (Å²) in [7, 11) is 0. The lowest BCUT2D eigenvalue weighted by atomic mass is 10.0. The molecule has 1 aliphatic rings. The molecule has 1 saturated heterocycles. The van der Waals surface area contributed by atoms with E-state index in [2.05, 4.69) is 0 Å². The van der Waals surface area contributed by atoms with Gasteiger partial charge in [0.05, 0.1) is 0 Å². The average molecular weight is 360 g/mol. The molecule has 1 fully saturated rings.